The lowest BCUT2D eigenvalue weighted by Crippen LogP contribution is -2.07. The first kappa shape index (κ1) is 21.8. The third-order valence-corrected chi connectivity index (χ3v) is 6.58. The van der Waals surface area contributed by atoms with E-state index in [1.807, 2.05) is 0 Å². The predicted octanol–water partition coefficient (Wildman–Crippen LogP) is 4.85. The van der Waals surface area contributed by atoms with Crippen LogP contribution >= 0.6 is 0 Å². The minimum Gasteiger partial charge on any atom is -0.454 e. The molecule has 6 nitrogen and oxygen atoms in total. The van der Waals surface area contributed by atoms with Gasteiger partial charge in [0.25, 0.3) is 0 Å². The predicted molar refractivity (Wildman–Crippen MR) is 113 cm³/mol. The van der Waals surface area contributed by atoms with Gasteiger partial charge in [0.15, 0.2) is 32.9 Å². The Hall–Kier alpha value is -3.40. The number of aromatic nitrogens is 3. The van der Waals surface area contributed by atoms with Crippen LogP contribution in [0.3, 0.4) is 0 Å². The fourth-order valence-corrected chi connectivity index (χ4v) is 4.12. The summed E-state index contributed by atoms with van der Waals surface area (Å²) in [7, 11) is -3.34. The van der Waals surface area contributed by atoms with E-state index in [0.29, 0.717) is 28.6 Å². The molecule has 166 valence electrons. The Bertz CT molecular complexity index is 1440. The molecule has 0 unspecified atom stereocenters. The van der Waals surface area contributed by atoms with E-state index in [0.717, 1.165) is 12.1 Å². The summed E-state index contributed by atoms with van der Waals surface area (Å²) in [5.41, 5.74) is 1.15. The minimum absolute atomic E-state index is 0.0306. The van der Waals surface area contributed by atoms with Gasteiger partial charge in [0.1, 0.15) is 17.4 Å². The summed E-state index contributed by atoms with van der Waals surface area (Å²) in [6.07, 6.45) is 1.58. The van der Waals surface area contributed by atoms with Crippen LogP contribution in [0, 0.1) is 24.4 Å². The Morgan fingerprint density at radius 1 is 0.969 bits per heavy atom. The first-order chi connectivity index (χ1) is 15.2. The van der Waals surface area contributed by atoms with Crippen molar-refractivity contribution in [3.8, 4) is 22.6 Å². The number of fused-ring (bicyclic) bond motifs is 1. The molecule has 0 fully saturated rings. The normalized spacial score (nSPS) is 11.8. The van der Waals surface area contributed by atoms with Gasteiger partial charge in [-0.25, -0.2) is 21.6 Å². The number of aryl methyl sites for hydroxylation is 1. The van der Waals surface area contributed by atoms with Crippen LogP contribution in [-0.2, 0) is 15.6 Å². The fourth-order valence-electron chi connectivity index (χ4n) is 3.23. The van der Waals surface area contributed by atoms with E-state index in [4.69, 9.17) is 4.74 Å². The molecule has 32 heavy (non-hydrogen) atoms. The van der Waals surface area contributed by atoms with E-state index in [-0.39, 0.29) is 28.7 Å². The molecule has 0 aliphatic rings. The number of benzene rings is 2. The molecule has 2 aromatic heterocycles. The average molecular weight is 461 g/mol. The SMILES string of the molecule is CCS(=O)(=O)Cc1ccc(Oc2ccc(F)cc2F)c(-c2cc(F)c3nnc(C)n3c2)c1. The lowest BCUT2D eigenvalue weighted by Gasteiger charge is -2.14. The van der Waals surface area contributed by atoms with Gasteiger partial charge in [0.2, 0.25) is 0 Å². The number of halogens is 3. The standard InChI is InChI=1S/C22H18F3N3O3S/c1-3-32(29,30)12-14-4-6-20(31-21-7-5-16(23)10-18(21)24)17(8-14)15-9-19(25)22-27-26-13(2)28(22)11-15/h4-11H,3,12H2,1-2H3. The van der Waals surface area contributed by atoms with Gasteiger partial charge in [-0.3, -0.25) is 4.40 Å². The maximum Gasteiger partial charge on any atom is 0.196 e. The number of hydrogen-bond donors (Lipinski definition) is 0. The van der Waals surface area contributed by atoms with Gasteiger partial charge < -0.3 is 4.74 Å². The molecule has 0 bridgehead atoms. The van der Waals surface area contributed by atoms with Crippen LogP contribution in [0.25, 0.3) is 16.8 Å². The minimum atomic E-state index is -3.34. The van der Waals surface area contributed by atoms with Crippen molar-refractivity contribution < 1.29 is 26.3 Å². The van der Waals surface area contributed by atoms with E-state index in [1.54, 1.807) is 26.1 Å². The Labute approximate surface area is 182 Å². The molecule has 0 aliphatic carbocycles. The summed E-state index contributed by atoms with van der Waals surface area (Å²) >= 11 is 0. The molecule has 0 spiro atoms. The highest BCUT2D eigenvalue weighted by Gasteiger charge is 2.18. The monoisotopic (exact) mass is 461 g/mol. The summed E-state index contributed by atoms with van der Waals surface area (Å²) in [6.45, 7) is 3.20. The van der Waals surface area contributed by atoms with Gasteiger partial charge in [-0.1, -0.05) is 13.0 Å². The zero-order chi connectivity index (χ0) is 23.0. The summed E-state index contributed by atoms with van der Waals surface area (Å²) < 4.78 is 73.5. The quantitative estimate of drug-likeness (QED) is 0.411. The first-order valence-electron chi connectivity index (χ1n) is 9.64. The number of rotatable bonds is 6. The molecule has 0 atom stereocenters. The third-order valence-electron chi connectivity index (χ3n) is 4.93. The number of sulfone groups is 1. The highest BCUT2D eigenvalue weighted by atomic mass is 32.2. The van der Waals surface area contributed by atoms with Crippen LogP contribution in [0.2, 0.25) is 0 Å². The molecule has 0 amide bonds. The zero-order valence-corrected chi connectivity index (χ0v) is 18.0. The Morgan fingerprint density at radius 2 is 1.72 bits per heavy atom. The van der Waals surface area contributed by atoms with Gasteiger partial charge in [-0.05, 0) is 42.8 Å². The van der Waals surface area contributed by atoms with E-state index >= 15 is 0 Å². The molecule has 0 radical (unpaired) electrons. The topological polar surface area (TPSA) is 73.6 Å². The molecular formula is C22H18F3N3O3S. The number of pyridine rings is 1. The molecular weight excluding hydrogens is 443 g/mol. The largest absolute Gasteiger partial charge is 0.454 e. The smallest absolute Gasteiger partial charge is 0.196 e. The van der Waals surface area contributed by atoms with Crippen LogP contribution in [0.1, 0.15) is 18.3 Å². The first-order valence-corrected chi connectivity index (χ1v) is 11.5. The average Bonchev–Trinajstić information content (AvgIpc) is 3.12. The molecule has 2 aromatic carbocycles. The van der Waals surface area contributed by atoms with Gasteiger partial charge in [0.05, 0.1) is 5.75 Å². The fraction of sp³-hybridized carbons (Fsp3) is 0.182. The molecule has 4 rings (SSSR count). The van der Waals surface area contributed by atoms with Gasteiger partial charge in [-0.2, -0.15) is 0 Å². The zero-order valence-electron chi connectivity index (χ0n) is 17.1. The molecule has 2 heterocycles. The van der Waals surface area contributed by atoms with Crippen molar-refractivity contribution >= 4 is 15.5 Å². The summed E-state index contributed by atoms with van der Waals surface area (Å²) in [6, 6.07) is 8.63. The number of ether oxygens (including phenoxy) is 1. The van der Waals surface area contributed by atoms with E-state index in [1.165, 1.54) is 22.6 Å². The van der Waals surface area contributed by atoms with Crippen molar-refractivity contribution in [3.05, 3.63) is 77.5 Å². The van der Waals surface area contributed by atoms with Crippen molar-refractivity contribution in [2.45, 2.75) is 19.6 Å². The van der Waals surface area contributed by atoms with Crippen LogP contribution < -0.4 is 4.74 Å². The van der Waals surface area contributed by atoms with Gasteiger partial charge in [0, 0.05) is 29.1 Å². The van der Waals surface area contributed by atoms with Crippen LogP contribution in [-0.4, -0.2) is 28.8 Å². The Kier molecular flexibility index (Phi) is 5.64. The highest BCUT2D eigenvalue weighted by molar-refractivity contribution is 7.90. The third kappa shape index (κ3) is 4.31. The molecule has 0 N–H and O–H groups in total. The summed E-state index contributed by atoms with van der Waals surface area (Å²) in [4.78, 5) is 0. The van der Waals surface area contributed by atoms with Crippen LogP contribution in [0.4, 0.5) is 13.2 Å². The maximum absolute atomic E-state index is 14.7. The van der Waals surface area contributed by atoms with Crippen molar-refractivity contribution in [1.29, 1.82) is 0 Å². The van der Waals surface area contributed by atoms with E-state index < -0.39 is 27.3 Å². The summed E-state index contributed by atoms with van der Waals surface area (Å²) in [5.74, 6) is -2.23. The maximum atomic E-state index is 14.7. The Balaban J connectivity index is 1.87. The second-order valence-electron chi connectivity index (χ2n) is 7.20. The molecule has 10 heteroatoms. The molecule has 0 saturated carbocycles. The van der Waals surface area contributed by atoms with Crippen molar-refractivity contribution in [2.24, 2.45) is 0 Å². The molecule has 0 saturated heterocycles. The van der Waals surface area contributed by atoms with Gasteiger partial charge >= 0.3 is 0 Å². The lowest BCUT2D eigenvalue weighted by molar-refractivity contribution is 0.439. The number of hydrogen-bond acceptors (Lipinski definition) is 5. The van der Waals surface area contributed by atoms with Crippen LogP contribution in [0.5, 0.6) is 11.5 Å². The van der Waals surface area contributed by atoms with Crippen molar-refractivity contribution in [1.82, 2.24) is 14.6 Å². The second kappa shape index (κ2) is 8.27. The Morgan fingerprint density at radius 3 is 2.44 bits per heavy atom. The van der Waals surface area contributed by atoms with Crippen molar-refractivity contribution in [3.63, 3.8) is 0 Å². The lowest BCUT2D eigenvalue weighted by atomic mass is 10.0. The van der Waals surface area contributed by atoms with Crippen molar-refractivity contribution in [2.75, 3.05) is 5.75 Å². The van der Waals surface area contributed by atoms with Crippen LogP contribution in [0.15, 0.2) is 48.7 Å². The molecule has 0 aliphatic heterocycles. The van der Waals surface area contributed by atoms with Gasteiger partial charge in [-0.15, -0.1) is 10.2 Å². The molecule has 4 aromatic rings. The number of nitrogens with zero attached hydrogens (tertiary/aromatic N) is 3. The highest BCUT2D eigenvalue weighted by Crippen LogP contribution is 2.36. The van der Waals surface area contributed by atoms with E-state index in [2.05, 4.69) is 10.2 Å². The second-order valence-corrected chi connectivity index (χ2v) is 9.55. The van der Waals surface area contributed by atoms with E-state index in [9.17, 15) is 21.6 Å². The summed E-state index contributed by atoms with van der Waals surface area (Å²) in [5, 5.41) is 7.64.